The average Bonchev–Trinajstić information content (AvgIpc) is 3.10. The molecule has 2 heterocycles. The van der Waals surface area contributed by atoms with E-state index in [0.29, 0.717) is 11.7 Å². The smallest absolute Gasteiger partial charge is 0.287 e. The number of likely N-dealkylation sites (tertiary alicyclic amines) is 1. The first-order chi connectivity index (χ1) is 10.7. The molecule has 22 heavy (non-hydrogen) atoms. The molecule has 1 saturated carbocycles. The van der Waals surface area contributed by atoms with Gasteiger partial charge in [0.2, 0.25) is 5.91 Å². The van der Waals surface area contributed by atoms with Crippen molar-refractivity contribution in [3.8, 4) is 0 Å². The van der Waals surface area contributed by atoms with Gasteiger partial charge in [-0.25, -0.2) is 0 Å². The van der Waals surface area contributed by atoms with Gasteiger partial charge >= 0.3 is 0 Å². The summed E-state index contributed by atoms with van der Waals surface area (Å²) in [6, 6.07) is 3.50. The number of piperidine rings is 1. The predicted octanol–water partition coefficient (Wildman–Crippen LogP) is 2.58. The number of nitrogens with one attached hydrogen (secondary N) is 1. The van der Waals surface area contributed by atoms with Gasteiger partial charge in [-0.15, -0.1) is 0 Å². The minimum absolute atomic E-state index is 0.132. The minimum Gasteiger partial charge on any atom is -0.459 e. The van der Waals surface area contributed by atoms with E-state index in [1.807, 2.05) is 4.90 Å². The number of hydrogen-bond acceptors (Lipinski definition) is 3. The van der Waals surface area contributed by atoms with Crippen molar-refractivity contribution >= 4 is 11.8 Å². The van der Waals surface area contributed by atoms with Gasteiger partial charge in [0.05, 0.1) is 6.26 Å². The first-order valence-corrected chi connectivity index (χ1v) is 8.37. The van der Waals surface area contributed by atoms with Gasteiger partial charge in [0.25, 0.3) is 5.91 Å². The van der Waals surface area contributed by atoms with Crippen LogP contribution in [-0.2, 0) is 4.79 Å². The SMILES string of the molecule is O=C(NC1CCN(C(=O)C2CCCCC2)CC1)c1ccco1. The van der Waals surface area contributed by atoms with E-state index < -0.39 is 0 Å². The van der Waals surface area contributed by atoms with Gasteiger partial charge in [-0.1, -0.05) is 19.3 Å². The molecule has 120 valence electrons. The van der Waals surface area contributed by atoms with Crippen LogP contribution in [0.5, 0.6) is 0 Å². The fraction of sp³-hybridized carbons (Fsp3) is 0.647. The van der Waals surface area contributed by atoms with E-state index in [0.717, 1.165) is 38.8 Å². The Bertz CT molecular complexity index is 498. The van der Waals surface area contributed by atoms with Gasteiger partial charge in [-0.05, 0) is 37.8 Å². The topological polar surface area (TPSA) is 62.6 Å². The summed E-state index contributed by atoms with van der Waals surface area (Å²) in [5.74, 6) is 0.751. The number of amides is 2. The number of furan rings is 1. The monoisotopic (exact) mass is 304 g/mol. The lowest BCUT2D eigenvalue weighted by Crippen LogP contribution is -2.48. The molecule has 3 rings (SSSR count). The Balaban J connectivity index is 1.46. The third-order valence-corrected chi connectivity index (χ3v) is 4.84. The molecule has 5 heteroatoms. The van der Waals surface area contributed by atoms with Gasteiger partial charge < -0.3 is 14.6 Å². The maximum atomic E-state index is 12.5. The number of carbonyl (C=O) groups is 2. The van der Waals surface area contributed by atoms with E-state index in [9.17, 15) is 9.59 Å². The highest BCUT2D eigenvalue weighted by Crippen LogP contribution is 2.26. The van der Waals surface area contributed by atoms with Gasteiger partial charge in [-0.3, -0.25) is 9.59 Å². The standard InChI is InChI=1S/C17H24N2O3/c20-16(15-7-4-12-22-15)18-14-8-10-19(11-9-14)17(21)13-5-2-1-3-6-13/h4,7,12-14H,1-3,5-6,8-11H2,(H,18,20). The van der Waals surface area contributed by atoms with E-state index in [1.54, 1.807) is 12.1 Å². The first kappa shape index (κ1) is 15.1. The molecule has 2 amide bonds. The maximum Gasteiger partial charge on any atom is 0.287 e. The van der Waals surface area contributed by atoms with Crippen molar-refractivity contribution in [2.24, 2.45) is 5.92 Å². The fourth-order valence-corrected chi connectivity index (χ4v) is 3.52. The van der Waals surface area contributed by atoms with Gasteiger partial charge in [0.1, 0.15) is 0 Å². The summed E-state index contributed by atoms with van der Waals surface area (Å²) in [6.45, 7) is 1.50. The van der Waals surface area contributed by atoms with E-state index in [1.165, 1.54) is 25.5 Å². The van der Waals surface area contributed by atoms with Crippen LogP contribution in [0.3, 0.4) is 0 Å². The molecule has 0 bridgehead atoms. The lowest BCUT2D eigenvalue weighted by molar-refractivity contribution is -0.137. The Labute approximate surface area is 131 Å². The molecule has 1 aliphatic carbocycles. The number of nitrogens with zero attached hydrogens (tertiary/aromatic N) is 1. The van der Waals surface area contributed by atoms with Crippen molar-refractivity contribution in [3.63, 3.8) is 0 Å². The fourth-order valence-electron chi connectivity index (χ4n) is 3.52. The Morgan fingerprint density at radius 1 is 1.09 bits per heavy atom. The van der Waals surface area contributed by atoms with Gasteiger partial charge in [-0.2, -0.15) is 0 Å². The zero-order valence-corrected chi connectivity index (χ0v) is 12.9. The second-order valence-electron chi connectivity index (χ2n) is 6.39. The number of carbonyl (C=O) groups excluding carboxylic acids is 2. The third-order valence-electron chi connectivity index (χ3n) is 4.84. The van der Waals surface area contributed by atoms with E-state index >= 15 is 0 Å². The van der Waals surface area contributed by atoms with Gasteiger partial charge in [0.15, 0.2) is 5.76 Å². The summed E-state index contributed by atoms with van der Waals surface area (Å²) in [6.07, 6.45) is 8.89. The van der Waals surface area contributed by atoms with Crippen LogP contribution in [-0.4, -0.2) is 35.8 Å². The van der Waals surface area contributed by atoms with Crippen molar-refractivity contribution in [1.29, 1.82) is 0 Å². The second-order valence-corrected chi connectivity index (χ2v) is 6.39. The average molecular weight is 304 g/mol. The molecule has 1 aliphatic heterocycles. The predicted molar refractivity (Wildman–Crippen MR) is 82.4 cm³/mol. The summed E-state index contributed by atoms with van der Waals surface area (Å²) < 4.78 is 5.10. The number of hydrogen-bond donors (Lipinski definition) is 1. The minimum atomic E-state index is -0.165. The Morgan fingerprint density at radius 3 is 2.45 bits per heavy atom. The molecular formula is C17H24N2O3. The van der Waals surface area contributed by atoms with Crippen LogP contribution in [0.15, 0.2) is 22.8 Å². The molecule has 2 fully saturated rings. The van der Waals surface area contributed by atoms with Crippen LogP contribution in [0.25, 0.3) is 0 Å². The molecule has 1 aromatic rings. The summed E-state index contributed by atoms with van der Waals surface area (Å²) >= 11 is 0. The van der Waals surface area contributed by atoms with Crippen LogP contribution in [0, 0.1) is 5.92 Å². The quantitative estimate of drug-likeness (QED) is 0.933. The van der Waals surface area contributed by atoms with Crippen molar-refractivity contribution in [1.82, 2.24) is 10.2 Å². The highest BCUT2D eigenvalue weighted by Gasteiger charge is 2.29. The van der Waals surface area contributed by atoms with E-state index in [2.05, 4.69) is 5.32 Å². The molecule has 0 unspecified atom stereocenters. The second kappa shape index (κ2) is 6.99. The molecule has 5 nitrogen and oxygen atoms in total. The van der Waals surface area contributed by atoms with Crippen molar-refractivity contribution < 1.29 is 14.0 Å². The van der Waals surface area contributed by atoms with Gasteiger partial charge in [0, 0.05) is 25.0 Å². The molecule has 0 atom stereocenters. The largest absolute Gasteiger partial charge is 0.459 e. The lowest BCUT2D eigenvalue weighted by Gasteiger charge is -2.35. The van der Waals surface area contributed by atoms with Crippen LogP contribution in [0.2, 0.25) is 0 Å². The van der Waals surface area contributed by atoms with Crippen LogP contribution in [0.1, 0.15) is 55.5 Å². The molecule has 2 aliphatic rings. The normalized spacial score (nSPS) is 20.8. The zero-order chi connectivity index (χ0) is 15.4. The third kappa shape index (κ3) is 3.51. The summed E-state index contributed by atoms with van der Waals surface area (Å²) in [5, 5.41) is 2.99. The Hall–Kier alpha value is -1.78. The molecule has 0 radical (unpaired) electrons. The summed E-state index contributed by atoms with van der Waals surface area (Å²) in [7, 11) is 0. The highest BCUT2D eigenvalue weighted by atomic mass is 16.3. The molecule has 1 aromatic heterocycles. The van der Waals surface area contributed by atoms with E-state index in [-0.39, 0.29) is 17.9 Å². The first-order valence-electron chi connectivity index (χ1n) is 8.37. The van der Waals surface area contributed by atoms with Crippen LogP contribution in [0.4, 0.5) is 0 Å². The number of rotatable bonds is 3. The zero-order valence-electron chi connectivity index (χ0n) is 12.9. The summed E-state index contributed by atoms with van der Waals surface area (Å²) in [4.78, 5) is 26.4. The van der Waals surface area contributed by atoms with Crippen LogP contribution < -0.4 is 5.32 Å². The molecular weight excluding hydrogens is 280 g/mol. The lowest BCUT2D eigenvalue weighted by atomic mass is 9.87. The van der Waals surface area contributed by atoms with Crippen LogP contribution >= 0.6 is 0 Å². The van der Waals surface area contributed by atoms with E-state index in [4.69, 9.17) is 4.42 Å². The molecule has 0 spiro atoms. The Morgan fingerprint density at radius 2 is 1.82 bits per heavy atom. The van der Waals surface area contributed by atoms with Crippen molar-refractivity contribution in [2.75, 3.05) is 13.1 Å². The van der Waals surface area contributed by atoms with Crippen molar-refractivity contribution in [3.05, 3.63) is 24.2 Å². The maximum absolute atomic E-state index is 12.5. The molecule has 1 saturated heterocycles. The molecule has 1 N–H and O–H groups in total. The van der Waals surface area contributed by atoms with Crippen molar-refractivity contribution in [2.45, 2.75) is 51.0 Å². The molecule has 0 aromatic carbocycles. The highest BCUT2D eigenvalue weighted by molar-refractivity contribution is 5.91. The summed E-state index contributed by atoms with van der Waals surface area (Å²) in [5.41, 5.74) is 0. The Kier molecular flexibility index (Phi) is 4.80.